The molecule has 2 aromatic carbocycles. The molecular weight excluding hydrogens is 306 g/mol. The maximum atomic E-state index is 11.9. The van der Waals surface area contributed by atoms with E-state index in [1.165, 1.54) is 30.3 Å². The highest BCUT2D eigenvalue weighted by Crippen LogP contribution is 2.24. The number of benzene rings is 2. The van der Waals surface area contributed by atoms with Crippen LogP contribution in [-0.2, 0) is 10.0 Å². The van der Waals surface area contributed by atoms with Gasteiger partial charge in [-0.15, -0.1) is 4.40 Å². The van der Waals surface area contributed by atoms with E-state index in [9.17, 15) is 18.3 Å². The summed E-state index contributed by atoms with van der Waals surface area (Å²) < 4.78 is 27.3. The van der Waals surface area contributed by atoms with Gasteiger partial charge >= 0.3 is 0 Å². The molecule has 0 aliphatic carbocycles. The van der Waals surface area contributed by atoms with Crippen molar-refractivity contribution >= 4 is 21.8 Å². The molecule has 7 nitrogen and oxygen atoms in total. The molecule has 0 unspecified atom stereocenters. The van der Waals surface area contributed by atoms with Crippen molar-refractivity contribution in [2.75, 3.05) is 0 Å². The molecule has 2 aromatic rings. The van der Waals surface area contributed by atoms with Gasteiger partial charge in [-0.3, -0.25) is 15.6 Å². The normalized spacial score (nSPS) is 14.8. The number of nitrogens with one attached hydrogen (secondary N) is 2. The van der Waals surface area contributed by atoms with Crippen LogP contribution in [0.2, 0.25) is 0 Å². The Labute approximate surface area is 126 Å². The number of hydrazine groups is 1. The topological polar surface area (TPSA) is 108 Å². The number of hydrogen-bond acceptors (Lipinski definition) is 5. The van der Waals surface area contributed by atoms with Gasteiger partial charge in [0.05, 0.1) is 0 Å². The van der Waals surface area contributed by atoms with Crippen molar-refractivity contribution in [3.63, 3.8) is 0 Å². The first kappa shape index (κ1) is 14.1. The first-order valence-electron chi connectivity index (χ1n) is 6.27. The Morgan fingerprint density at radius 3 is 2.45 bits per heavy atom. The summed E-state index contributed by atoms with van der Waals surface area (Å²) in [5.74, 6) is -0.378. The minimum atomic E-state index is -3.73. The summed E-state index contributed by atoms with van der Waals surface area (Å²) in [7, 11) is -3.73. The van der Waals surface area contributed by atoms with Gasteiger partial charge in [0.25, 0.3) is 15.9 Å². The fourth-order valence-corrected chi connectivity index (χ4v) is 3.17. The molecular formula is C14H11N3O4S. The number of phenolic OH excluding ortho intramolecular Hbond substituents is 1. The molecule has 1 amide bonds. The molecule has 0 radical (unpaired) electrons. The minimum Gasteiger partial charge on any atom is -0.508 e. The molecule has 3 rings (SSSR count). The second kappa shape index (κ2) is 5.15. The maximum absolute atomic E-state index is 11.9. The second-order valence-corrected chi connectivity index (χ2v) is 6.11. The van der Waals surface area contributed by atoms with Crippen molar-refractivity contribution in [1.82, 2.24) is 10.9 Å². The maximum Gasteiger partial charge on any atom is 0.285 e. The van der Waals surface area contributed by atoms with Gasteiger partial charge in [0.15, 0.2) is 5.84 Å². The number of phenols is 1. The lowest BCUT2D eigenvalue weighted by Crippen LogP contribution is -2.41. The van der Waals surface area contributed by atoms with Crippen molar-refractivity contribution < 1.29 is 18.3 Å². The Morgan fingerprint density at radius 1 is 1.05 bits per heavy atom. The summed E-state index contributed by atoms with van der Waals surface area (Å²) in [6.07, 6.45) is 0. The molecule has 0 atom stereocenters. The zero-order valence-electron chi connectivity index (χ0n) is 11.1. The SMILES string of the molecule is O=C(NNC1=NS(=O)(=O)c2ccccc21)c1ccc(O)cc1. The third-order valence-corrected chi connectivity index (χ3v) is 4.39. The molecule has 0 aromatic heterocycles. The van der Waals surface area contributed by atoms with Crippen molar-refractivity contribution in [2.45, 2.75) is 4.90 Å². The zero-order chi connectivity index (χ0) is 15.7. The van der Waals surface area contributed by atoms with Crippen molar-refractivity contribution in [3.8, 4) is 5.75 Å². The van der Waals surface area contributed by atoms with E-state index in [2.05, 4.69) is 15.2 Å². The van der Waals surface area contributed by atoms with Gasteiger partial charge in [0.1, 0.15) is 10.6 Å². The number of amidine groups is 1. The fraction of sp³-hybridized carbons (Fsp3) is 0. The summed E-state index contributed by atoms with van der Waals surface area (Å²) >= 11 is 0. The highest BCUT2D eigenvalue weighted by molar-refractivity contribution is 7.90. The molecule has 22 heavy (non-hydrogen) atoms. The number of fused-ring (bicyclic) bond motifs is 1. The summed E-state index contributed by atoms with van der Waals surface area (Å²) in [4.78, 5) is 12.0. The molecule has 0 fully saturated rings. The number of sulfonamides is 1. The smallest absolute Gasteiger partial charge is 0.285 e. The van der Waals surface area contributed by atoms with E-state index >= 15 is 0 Å². The van der Waals surface area contributed by atoms with Gasteiger partial charge in [-0.1, -0.05) is 12.1 Å². The Kier molecular flexibility index (Phi) is 3.30. The van der Waals surface area contributed by atoms with Crippen LogP contribution in [0, 0.1) is 0 Å². The molecule has 0 saturated carbocycles. The van der Waals surface area contributed by atoms with Gasteiger partial charge < -0.3 is 5.11 Å². The number of aromatic hydroxyl groups is 1. The quantitative estimate of drug-likeness (QED) is 0.674. The highest BCUT2D eigenvalue weighted by Gasteiger charge is 2.28. The van der Waals surface area contributed by atoms with E-state index in [0.717, 1.165) is 0 Å². The van der Waals surface area contributed by atoms with E-state index in [4.69, 9.17) is 0 Å². The Morgan fingerprint density at radius 2 is 1.73 bits per heavy atom. The monoisotopic (exact) mass is 317 g/mol. The lowest BCUT2D eigenvalue weighted by molar-refractivity contribution is 0.0944. The summed E-state index contributed by atoms with van der Waals surface area (Å²) in [5, 5.41) is 9.17. The zero-order valence-corrected chi connectivity index (χ0v) is 12.0. The van der Waals surface area contributed by atoms with Gasteiger partial charge in [0, 0.05) is 11.1 Å². The van der Waals surface area contributed by atoms with E-state index in [1.54, 1.807) is 18.2 Å². The Balaban J connectivity index is 1.78. The van der Waals surface area contributed by atoms with Crippen LogP contribution >= 0.6 is 0 Å². The third kappa shape index (κ3) is 2.51. The lowest BCUT2D eigenvalue weighted by Gasteiger charge is -2.08. The van der Waals surface area contributed by atoms with Gasteiger partial charge in [-0.2, -0.15) is 8.42 Å². The van der Waals surface area contributed by atoms with E-state index in [0.29, 0.717) is 11.1 Å². The predicted molar refractivity (Wildman–Crippen MR) is 78.9 cm³/mol. The van der Waals surface area contributed by atoms with Crippen LogP contribution in [0.5, 0.6) is 5.75 Å². The van der Waals surface area contributed by atoms with Crippen LogP contribution in [0.25, 0.3) is 0 Å². The molecule has 1 aliphatic heterocycles. The van der Waals surface area contributed by atoms with E-state index in [-0.39, 0.29) is 16.5 Å². The number of rotatable bonds is 1. The minimum absolute atomic E-state index is 0.0460. The molecule has 3 N–H and O–H groups in total. The number of carbonyl (C=O) groups is 1. The number of carbonyl (C=O) groups excluding carboxylic acids is 1. The highest BCUT2D eigenvalue weighted by atomic mass is 32.2. The molecule has 8 heteroatoms. The molecule has 0 spiro atoms. The van der Waals surface area contributed by atoms with Crippen LogP contribution < -0.4 is 10.9 Å². The van der Waals surface area contributed by atoms with Gasteiger partial charge in [-0.05, 0) is 36.4 Å². The third-order valence-electron chi connectivity index (χ3n) is 3.06. The van der Waals surface area contributed by atoms with Crippen LogP contribution in [0.15, 0.2) is 57.8 Å². The van der Waals surface area contributed by atoms with Gasteiger partial charge in [-0.25, -0.2) is 0 Å². The molecule has 1 aliphatic rings. The van der Waals surface area contributed by atoms with E-state index < -0.39 is 15.9 Å². The first-order chi connectivity index (χ1) is 10.5. The second-order valence-electron chi connectivity index (χ2n) is 4.54. The lowest BCUT2D eigenvalue weighted by atomic mass is 10.2. The molecule has 0 bridgehead atoms. The number of amides is 1. The van der Waals surface area contributed by atoms with Crippen LogP contribution in [-0.4, -0.2) is 25.3 Å². The van der Waals surface area contributed by atoms with Gasteiger partial charge in [0.2, 0.25) is 0 Å². The standard InChI is InChI=1S/C14H11N3O4S/c18-10-7-5-9(6-8-10)14(19)16-15-13-11-3-1-2-4-12(11)22(20,21)17-13/h1-8,18H,(H,15,17)(H,16,19). The number of nitrogens with zero attached hydrogens (tertiary/aromatic N) is 1. The Bertz CT molecular complexity index is 873. The fourth-order valence-electron chi connectivity index (χ4n) is 2.00. The predicted octanol–water partition coefficient (Wildman–Crippen LogP) is 0.776. The summed E-state index contributed by atoms with van der Waals surface area (Å²) in [6.45, 7) is 0. The van der Waals surface area contributed by atoms with Crippen molar-refractivity contribution in [2.24, 2.45) is 4.40 Å². The van der Waals surface area contributed by atoms with Crippen LogP contribution in [0.4, 0.5) is 0 Å². The average Bonchev–Trinajstić information content (AvgIpc) is 2.77. The molecule has 0 saturated heterocycles. The summed E-state index contributed by atoms with van der Waals surface area (Å²) in [6, 6.07) is 12.0. The average molecular weight is 317 g/mol. The first-order valence-corrected chi connectivity index (χ1v) is 7.71. The largest absolute Gasteiger partial charge is 0.508 e. The number of hydrogen-bond donors (Lipinski definition) is 3. The Hall–Kier alpha value is -2.87. The molecule has 112 valence electrons. The van der Waals surface area contributed by atoms with Crippen LogP contribution in [0.1, 0.15) is 15.9 Å². The summed E-state index contributed by atoms with van der Waals surface area (Å²) in [5.41, 5.74) is 5.59. The van der Waals surface area contributed by atoms with Crippen molar-refractivity contribution in [3.05, 3.63) is 59.7 Å². The molecule has 1 heterocycles. The van der Waals surface area contributed by atoms with Crippen molar-refractivity contribution in [1.29, 1.82) is 0 Å². The van der Waals surface area contributed by atoms with E-state index in [1.807, 2.05) is 0 Å². The van der Waals surface area contributed by atoms with Crippen LogP contribution in [0.3, 0.4) is 0 Å².